The van der Waals surface area contributed by atoms with Crippen LogP contribution in [-0.2, 0) is 4.74 Å². The van der Waals surface area contributed by atoms with E-state index in [1.807, 2.05) is 13.8 Å². The molecule has 0 unspecified atom stereocenters. The number of fused-ring (bicyclic) bond motifs is 2. The number of aliphatic hydroxyl groups is 1. The van der Waals surface area contributed by atoms with Crippen molar-refractivity contribution in [1.29, 1.82) is 0 Å². The Morgan fingerprint density at radius 1 is 0.889 bits per heavy atom. The second-order valence-electron chi connectivity index (χ2n) is 9.98. The summed E-state index contributed by atoms with van der Waals surface area (Å²) >= 11 is 0. The summed E-state index contributed by atoms with van der Waals surface area (Å²) in [5, 5.41) is 12.1. The van der Waals surface area contributed by atoms with Gasteiger partial charge in [0.05, 0.1) is 29.7 Å². The molecule has 0 spiro atoms. The van der Waals surface area contributed by atoms with E-state index in [0.29, 0.717) is 34.5 Å². The molecule has 0 bridgehead atoms. The molecule has 0 aliphatic rings. The number of furan rings is 1. The first-order valence-corrected chi connectivity index (χ1v) is 13.3. The predicted octanol–water partition coefficient (Wildman–Crippen LogP) is 7.00. The Balaban J connectivity index is 1.50. The van der Waals surface area contributed by atoms with Crippen LogP contribution in [0, 0.1) is 0 Å². The van der Waals surface area contributed by atoms with Crippen molar-refractivity contribution in [3.05, 3.63) is 34.9 Å². The molecule has 0 amide bonds. The third-order valence-corrected chi connectivity index (χ3v) is 6.76. The van der Waals surface area contributed by atoms with Gasteiger partial charge in [-0.3, -0.25) is 0 Å². The van der Waals surface area contributed by atoms with Crippen molar-refractivity contribution in [3.63, 3.8) is 0 Å². The van der Waals surface area contributed by atoms with Gasteiger partial charge in [0.25, 0.3) is 0 Å². The van der Waals surface area contributed by atoms with Gasteiger partial charge in [0.15, 0.2) is 11.2 Å². The highest BCUT2D eigenvalue weighted by atomic mass is 16.5. The molecule has 0 radical (unpaired) electrons. The lowest BCUT2D eigenvalue weighted by molar-refractivity contribution is -0.112. The summed E-state index contributed by atoms with van der Waals surface area (Å²) in [4.78, 5) is 11.8. The Kier molecular flexibility index (Phi) is 10.7. The molecule has 0 saturated heterocycles. The minimum Gasteiger partial charge on any atom is -0.490 e. The van der Waals surface area contributed by atoms with E-state index in [0.717, 1.165) is 12.8 Å². The topological polar surface area (TPSA) is 91.3 Å². The number of rotatable bonds is 17. The van der Waals surface area contributed by atoms with Gasteiger partial charge in [0.2, 0.25) is 5.75 Å². The largest absolute Gasteiger partial charge is 0.490 e. The van der Waals surface area contributed by atoms with Crippen LogP contribution in [0.2, 0.25) is 0 Å². The first-order valence-electron chi connectivity index (χ1n) is 13.3. The van der Waals surface area contributed by atoms with Crippen LogP contribution in [-0.4, -0.2) is 37.1 Å². The summed E-state index contributed by atoms with van der Waals surface area (Å²) in [5.41, 5.74) is -0.614. The highest BCUT2D eigenvalue weighted by molar-refractivity contribution is 6.06. The van der Waals surface area contributed by atoms with Crippen LogP contribution >= 0.6 is 0 Å². The Morgan fingerprint density at radius 3 is 2.19 bits per heavy atom. The van der Waals surface area contributed by atoms with Gasteiger partial charge >= 0.3 is 5.63 Å². The van der Waals surface area contributed by atoms with Crippen molar-refractivity contribution in [2.75, 3.05) is 20.3 Å². The molecule has 1 aromatic carbocycles. The first-order chi connectivity index (χ1) is 17.4. The Labute approximate surface area is 213 Å². The number of unbranched alkanes of at least 4 members (excludes halogenated alkanes) is 9. The van der Waals surface area contributed by atoms with Crippen LogP contribution in [0.3, 0.4) is 0 Å². The number of methoxy groups -OCH3 is 1. The van der Waals surface area contributed by atoms with Crippen molar-refractivity contribution in [1.82, 2.24) is 0 Å². The molecule has 200 valence electrons. The van der Waals surface area contributed by atoms with Gasteiger partial charge in [-0.05, 0) is 32.4 Å². The molecule has 1 atom stereocenters. The molecule has 36 heavy (non-hydrogen) atoms. The maximum Gasteiger partial charge on any atom is 0.336 e. The van der Waals surface area contributed by atoms with E-state index in [4.69, 9.17) is 23.0 Å². The molecule has 3 aromatic rings. The fraction of sp³-hybridized carbons (Fsp3) is 0.621. The molecular weight excluding hydrogens is 460 g/mol. The van der Waals surface area contributed by atoms with E-state index in [1.165, 1.54) is 70.8 Å². The highest BCUT2D eigenvalue weighted by Gasteiger charge is 2.30. The molecule has 0 saturated carbocycles. The van der Waals surface area contributed by atoms with Crippen molar-refractivity contribution in [2.45, 2.75) is 96.7 Å². The summed E-state index contributed by atoms with van der Waals surface area (Å²) in [6, 6.07) is 4.72. The van der Waals surface area contributed by atoms with Crippen LogP contribution in [0.1, 0.15) is 85.0 Å². The van der Waals surface area contributed by atoms with Crippen molar-refractivity contribution in [2.24, 2.45) is 0 Å². The van der Waals surface area contributed by atoms with E-state index >= 15 is 0 Å². The minimum absolute atomic E-state index is 0.00582. The van der Waals surface area contributed by atoms with Crippen LogP contribution in [0.5, 0.6) is 11.5 Å². The standard InChI is InChI=1S/C29H42O7/c1-5-6-7-8-9-10-11-12-13-14-18-35-29(2,3)23(30)20-34-25-21-15-16-24(31)36-27(21)28(32-4)26-22(25)17-19-33-26/h15-17,19,23,30H,5-14,18,20H2,1-4H3/t23-/m0/s1. The zero-order chi connectivity index (χ0) is 26.0. The average molecular weight is 503 g/mol. The number of aliphatic hydroxyl groups excluding tert-OH is 1. The number of ether oxygens (including phenoxy) is 3. The zero-order valence-electron chi connectivity index (χ0n) is 22.3. The SMILES string of the molecule is CCCCCCCCCCCCOC(C)(C)[C@@H](O)COc1c2ccoc2c(OC)c2oc(=O)ccc12. The van der Waals surface area contributed by atoms with Gasteiger partial charge in [0, 0.05) is 12.7 Å². The second-order valence-corrected chi connectivity index (χ2v) is 9.98. The Bertz CT molecular complexity index is 1130. The highest BCUT2D eigenvalue weighted by Crippen LogP contribution is 2.42. The fourth-order valence-electron chi connectivity index (χ4n) is 4.40. The quantitative estimate of drug-likeness (QED) is 0.157. The Hall–Kier alpha value is -2.51. The minimum atomic E-state index is -0.865. The molecule has 3 rings (SSSR count). The van der Waals surface area contributed by atoms with Gasteiger partial charge in [0.1, 0.15) is 18.5 Å². The maximum absolute atomic E-state index is 11.8. The normalized spacial score (nSPS) is 12.9. The fourth-order valence-corrected chi connectivity index (χ4v) is 4.40. The zero-order valence-corrected chi connectivity index (χ0v) is 22.3. The molecule has 7 nitrogen and oxygen atoms in total. The smallest absolute Gasteiger partial charge is 0.336 e. The molecule has 0 aliphatic heterocycles. The van der Waals surface area contributed by atoms with E-state index in [1.54, 1.807) is 12.1 Å². The van der Waals surface area contributed by atoms with Crippen molar-refractivity contribution < 1.29 is 28.2 Å². The van der Waals surface area contributed by atoms with E-state index in [-0.39, 0.29) is 12.2 Å². The lowest BCUT2D eigenvalue weighted by Gasteiger charge is -2.31. The van der Waals surface area contributed by atoms with Gasteiger partial charge in [-0.15, -0.1) is 0 Å². The molecule has 1 N–H and O–H groups in total. The summed E-state index contributed by atoms with van der Waals surface area (Å²) in [5.74, 6) is 0.790. The van der Waals surface area contributed by atoms with Crippen molar-refractivity contribution in [3.8, 4) is 11.5 Å². The molecule has 2 heterocycles. The number of hydrogen-bond acceptors (Lipinski definition) is 7. The lowest BCUT2D eigenvalue weighted by atomic mass is 10.0. The third kappa shape index (κ3) is 7.26. The second kappa shape index (κ2) is 13.7. The van der Waals surface area contributed by atoms with Gasteiger partial charge in [-0.1, -0.05) is 64.7 Å². The van der Waals surface area contributed by atoms with E-state index in [9.17, 15) is 9.90 Å². The predicted molar refractivity (Wildman–Crippen MR) is 142 cm³/mol. The summed E-state index contributed by atoms with van der Waals surface area (Å²) in [7, 11) is 1.49. The number of hydrogen-bond donors (Lipinski definition) is 1. The monoisotopic (exact) mass is 502 g/mol. The molecule has 7 heteroatoms. The summed E-state index contributed by atoms with van der Waals surface area (Å²) in [6.45, 7) is 6.60. The first kappa shape index (κ1) is 28.1. The van der Waals surface area contributed by atoms with Crippen molar-refractivity contribution >= 4 is 21.9 Å². The van der Waals surface area contributed by atoms with Gasteiger partial charge < -0.3 is 28.2 Å². The van der Waals surface area contributed by atoms with E-state index < -0.39 is 17.3 Å². The van der Waals surface area contributed by atoms with Gasteiger partial charge in [-0.25, -0.2) is 4.79 Å². The molecular formula is C29H42O7. The van der Waals surface area contributed by atoms with Gasteiger partial charge in [-0.2, -0.15) is 0 Å². The molecule has 0 aliphatic carbocycles. The van der Waals surface area contributed by atoms with Crippen LogP contribution in [0.15, 0.2) is 38.1 Å². The third-order valence-electron chi connectivity index (χ3n) is 6.76. The van der Waals surface area contributed by atoms with Crippen LogP contribution in [0.25, 0.3) is 21.9 Å². The maximum atomic E-state index is 11.8. The summed E-state index contributed by atoms with van der Waals surface area (Å²) < 4.78 is 28.5. The van der Waals surface area contributed by atoms with Crippen LogP contribution < -0.4 is 15.1 Å². The molecule has 2 aromatic heterocycles. The van der Waals surface area contributed by atoms with E-state index in [2.05, 4.69) is 6.92 Å². The molecule has 0 fully saturated rings. The Morgan fingerprint density at radius 2 is 1.53 bits per heavy atom. The summed E-state index contributed by atoms with van der Waals surface area (Å²) in [6.07, 6.45) is 13.3. The number of benzene rings is 1. The van der Waals surface area contributed by atoms with Crippen LogP contribution in [0.4, 0.5) is 0 Å². The average Bonchev–Trinajstić information content (AvgIpc) is 3.34. The lowest BCUT2D eigenvalue weighted by Crippen LogP contribution is -2.43.